The maximum Gasteiger partial charge on any atom is 0.0642 e. The fraction of sp³-hybridized carbons (Fsp3) is 0. The van der Waals surface area contributed by atoms with Crippen LogP contribution in [-0.4, -0.2) is 26.9 Å². The number of para-hydroxylation sites is 4. The summed E-state index contributed by atoms with van der Waals surface area (Å²) in [7, 11) is 0. The van der Waals surface area contributed by atoms with E-state index in [1.54, 1.807) is 0 Å². The predicted molar refractivity (Wildman–Crippen MR) is 619 cm³/mol. The van der Waals surface area contributed by atoms with Crippen LogP contribution in [0.2, 0.25) is 0 Å². The Morgan fingerprint density at radius 1 is 0.110 bits per heavy atom. The van der Waals surface area contributed by atoms with E-state index in [9.17, 15) is 0 Å². The van der Waals surface area contributed by atoms with Crippen molar-refractivity contribution in [2.75, 3.05) is 0 Å². The number of fused-ring (bicyclic) bond motifs is 22. The second kappa shape index (κ2) is 32.1. The SMILES string of the molecule is c1ccc(-c2ccccc2-c2ccc(-n3c4cccc5c6ccccc6n6c7c8ccccc8ccc7c7ccc3c(c54)c76)cc2)cc1.c1ccc(-c2ccccc2-c2ccc(-n3c4cccc5c6ccccc6n6c7ccc8ccccc8c7c7ccc3c(c54)c76)cc2)cc1.c1ccc(-c2ccccc2-c2ccc(-n3c4cccc5c6ccccc6n6c7ccccc7c7cc(-c8ccccc8)c3c(c54)c76)cc2)cc1. The molecule has 6 nitrogen and oxygen atoms in total. The quantitative estimate of drug-likeness (QED) is 0.131. The molecule has 33 aromatic rings. The third-order valence-electron chi connectivity index (χ3n) is 31.6. The van der Waals surface area contributed by atoms with Crippen LogP contribution in [-0.2, 0) is 0 Å². The Hall–Kier alpha value is -19.4. The van der Waals surface area contributed by atoms with Crippen molar-refractivity contribution in [3.8, 4) is 95.0 Å². The van der Waals surface area contributed by atoms with Crippen LogP contribution in [0.1, 0.15) is 0 Å². The first-order chi connectivity index (χ1) is 72.5. The lowest BCUT2D eigenvalue weighted by atomic mass is 9.94. The van der Waals surface area contributed by atoms with Crippen molar-refractivity contribution < 1.29 is 0 Å². The Kier molecular flexibility index (Phi) is 17.9. The van der Waals surface area contributed by atoms with E-state index >= 15 is 0 Å². The summed E-state index contributed by atoms with van der Waals surface area (Å²) in [6.07, 6.45) is 0. The molecule has 9 aromatic heterocycles. The van der Waals surface area contributed by atoms with Crippen molar-refractivity contribution in [1.29, 1.82) is 0 Å². The van der Waals surface area contributed by atoms with Gasteiger partial charge in [-0.15, -0.1) is 0 Å². The zero-order valence-electron chi connectivity index (χ0n) is 79.3. The van der Waals surface area contributed by atoms with Crippen LogP contribution >= 0.6 is 0 Å². The number of rotatable bonds is 10. The first-order valence-electron chi connectivity index (χ1n) is 50.5. The van der Waals surface area contributed by atoms with Crippen LogP contribution in [0, 0.1) is 0 Å². The predicted octanol–water partition coefficient (Wildman–Crippen LogP) is 37.8. The van der Waals surface area contributed by atoms with Gasteiger partial charge in [-0.2, -0.15) is 0 Å². The number of hydrogen-bond donors (Lipinski definition) is 0. The van der Waals surface area contributed by atoms with E-state index in [0.717, 1.165) is 17.1 Å². The summed E-state index contributed by atoms with van der Waals surface area (Å²) in [5, 5.41) is 28.4. The number of aromatic nitrogens is 6. The maximum absolute atomic E-state index is 2.55. The van der Waals surface area contributed by atoms with Crippen molar-refractivity contribution in [1.82, 2.24) is 26.9 Å². The monoisotopic (exact) mass is 1850 g/mol. The Bertz CT molecular complexity index is 10900. The second-order valence-corrected chi connectivity index (χ2v) is 39.0. The van der Waals surface area contributed by atoms with Gasteiger partial charge in [-0.1, -0.05) is 419 Å². The Balaban J connectivity index is 0.0000000995. The molecule has 0 atom stereocenters. The summed E-state index contributed by atoms with van der Waals surface area (Å²) < 4.78 is 15.0. The van der Waals surface area contributed by atoms with Gasteiger partial charge in [-0.3, -0.25) is 0 Å². The molecule has 0 amide bonds. The minimum atomic E-state index is 1.15. The topological polar surface area (TPSA) is 28.0 Å². The highest BCUT2D eigenvalue weighted by Crippen LogP contribution is 2.54. The lowest BCUT2D eigenvalue weighted by molar-refractivity contribution is 1.18. The molecule has 0 fully saturated rings. The van der Waals surface area contributed by atoms with E-state index in [1.807, 2.05) is 0 Å². The molecule has 146 heavy (non-hydrogen) atoms. The normalized spacial score (nSPS) is 12.1. The number of nitrogens with zero attached hydrogens (tertiary/aromatic N) is 6. The minimum absolute atomic E-state index is 1.15. The van der Waals surface area contributed by atoms with Crippen LogP contribution < -0.4 is 0 Å². The molecule has 33 rings (SSSR count). The van der Waals surface area contributed by atoms with Gasteiger partial charge in [0.15, 0.2) is 0 Å². The van der Waals surface area contributed by atoms with Gasteiger partial charge in [0.05, 0.1) is 82.8 Å². The maximum atomic E-state index is 2.55. The first kappa shape index (κ1) is 81.4. The molecule has 0 saturated carbocycles. The van der Waals surface area contributed by atoms with E-state index in [4.69, 9.17) is 0 Å². The van der Waals surface area contributed by atoms with Gasteiger partial charge in [-0.05, 0) is 208 Å². The molecular formula is C140H86N6. The molecule has 676 valence electrons. The van der Waals surface area contributed by atoms with Crippen molar-refractivity contribution in [3.63, 3.8) is 0 Å². The summed E-state index contributed by atoms with van der Waals surface area (Å²) in [5.41, 5.74) is 39.3. The van der Waals surface area contributed by atoms with Crippen molar-refractivity contribution in [3.05, 3.63) is 522 Å². The molecule has 6 heteroatoms. The summed E-state index contributed by atoms with van der Waals surface area (Å²) in [6, 6.07) is 191. The molecule has 0 aliphatic carbocycles. The second-order valence-electron chi connectivity index (χ2n) is 39.0. The highest BCUT2D eigenvalue weighted by molar-refractivity contribution is 6.39. The van der Waals surface area contributed by atoms with E-state index in [1.165, 1.54) is 279 Å². The van der Waals surface area contributed by atoms with Crippen molar-refractivity contribution >= 4 is 201 Å². The van der Waals surface area contributed by atoms with Crippen LogP contribution in [0.15, 0.2) is 522 Å². The summed E-state index contributed by atoms with van der Waals surface area (Å²) in [4.78, 5) is 0. The standard InChI is InChI=1S/C48H30N2.2C46H28N2/c1-3-14-31(15-4-1)35-18-7-8-19-36(35)33-26-28-34(29-27-33)49-44-25-13-22-39-37-20-9-11-23-42(37)50-43-24-12-10-21-38(43)41-30-40(32-16-5-2-6-17-32)47(49)46(45(39)44)48(41)50;1-2-11-29(12-3-1)33-14-6-7-15-34(33)31-21-24-32(25-22-31)47-40-20-10-18-37-36-17-8-9-19-39(36)48-41-27-23-30-13-4-5-16-35(30)43(41)38-26-28-42(47)45(44(37)40)46(38)48;1-2-11-29(12-3-1)33-14-6-7-15-34(33)31-21-24-32(25-22-31)47-41-20-10-18-37-36-17-8-9-19-40(36)48-45-35-16-5-4-13-30(35)23-26-38(45)39-27-28-42(47)44(43(37)41)46(39)48/h1-30H;2*1-28H. The fourth-order valence-corrected chi connectivity index (χ4v) is 25.5. The Morgan fingerprint density at radius 3 is 0.829 bits per heavy atom. The average Bonchev–Trinajstić information content (AvgIpc) is 1.53. The van der Waals surface area contributed by atoms with Gasteiger partial charge in [0.25, 0.3) is 0 Å². The van der Waals surface area contributed by atoms with Crippen LogP contribution in [0.5, 0.6) is 0 Å². The number of hydrogen-bond acceptors (Lipinski definition) is 0. The van der Waals surface area contributed by atoms with Gasteiger partial charge in [0, 0.05) is 109 Å². The fourth-order valence-electron chi connectivity index (χ4n) is 25.5. The Morgan fingerprint density at radius 2 is 0.384 bits per heavy atom. The van der Waals surface area contributed by atoms with E-state index < -0.39 is 0 Å². The lowest BCUT2D eigenvalue weighted by Gasteiger charge is -2.15. The van der Waals surface area contributed by atoms with Crippen LogP contribution in [0.3, 0.4) is 0 Å². The number of benzene rings is 24. The molecule has 0 aliphatic rings. The largest absolute Gasteiger partial charge is 0.309 e. The van der Waals surface area contributed by atoms with Gasteiger partial charge in [-0.25, -0.2) is 0 Å². The van der Waals surface area contributed by atoms with E-state index in [2.05, 4.69) is 549 Å². The third kappa shape index (κ3) is 11.9. The van der Waals surface area contributed by atoms with Crippen molar-refractivity contribution in [2.24, 2.45) is 0 Å². The highest BCUT2D eigenvalue weighted by Gasteiger charge is 2.31. The van der Waals surface area contributed by atoms with E-state index in [0.29, 0.717) is 0 Å². The smallest absolute Gasteiger partial charge is 0.0642 e. The molecule has 24 aromatic carbocycles. The van der Waals surface area contributed by atoms with Gasteiger partial charge in [0.2, 0.25) is 0 Å². The van der Waals surface area contributed by atoms with Gasteiger partial charge >= 0.3 is 0 Å². The lowest BCUT2D eigenvalue weighted by Crippen LogP contribution is -1.97. The van der Waals surface area contributed by atoms with Crippen LogP contribution in [0.25, 0.3) is 296 Å². The van der Waals surface area contributed by atoms with Crippen molar-refractivity contribution in [2.45, 2.75) is 0 Å². The summed E-state index contributed by atoms with van der Waals surface area (Å²) in [6.45, 7) is 0. The summed E-state index contributed by atoms with van der Waals surface area (Å²) >= 11 is 0. The molecule has 0 saturated heterocycles. The molecular weight excluding hydrogens is 1770 g/mol. The molecule has 0 radical (unpaired) electrons. The molecule has 0 spiro atoms. The average molecular weight is 1850 g/mol. The van der Waals surface area contributed by atoms with Gasteiger partial charge < -0.3 is 26.9 Å². The third-order valence-corrected chi connectivity index (χ3v) is 31.6. The molecule has 0 unspecified atom stereocenters. The zero-order chi connectivity index (χ0) is 95.5. The van der Waals surface area contributed by atoms with Crippen LogP contribution in [0.4, 0.5) is 0 Å². The minimum Gasteiger partial charge on any atom is -0.309 e. The van der Waals surface area contributed by atoms with E-state index in [-0.39, 0.29) is 0 Å². The zero-order valence-corrected chi connectivity index (χ0v) is 79.3. The molecule has 9 heterocycles. The molecule has 0 bridgehead atoms. The molecule has 0 N–H and O–H groups in total. The molecule has 0 aliphatic heterocycles. The Labute approximate surface area is 838 Å². The van der Waals surface area contributed by atoms with Gasteiger partial charge in [0.1, 0.15) is 0 Å². The highest BCUT2D eigenvalue weighted by atomic mass is 15.0. The first-order valence-corrected chi connectivity index (χ1v) is 50.5. The summed E-state index contributed by atoms with van der Waals surface area (Å²) in [5.74, 6) is 0.